The number of halogens is 3. The normalized spacial score (nSPS) is 11.8. The zero-order valence-electron chi connectivity index (χ0n) is 9.42. The predicted molar refractivity (Wildman–Crippen MR) is 58.0 cm³/mol. The van der Waals surface area contributed by atoms with E-state index in [1.165, 1.54) is 12.1 Å². The van der Waals surface area contributed by atoms with Gasteiger partial charge in [0, 0.05) is 6.20 Å². The van der Waals surface area contributed by atoms with Crippen LogP contribution in [0.2, 0.25) is 0 Å². The molecule has 0 bridgehead atoms. The Balaban J connectivity index is 2.36. The average molecular weight is 240 g/mol. The van der Waals surface area contributed by atoms with Gasteiger partial charge in [0.15, 0.2) is 0 Å². The summed E-state index contributed by atoms with van der Waals surface area (Å²) >= 11 is 0. The molecule has 0 radical (unpaired) electrons. The lowest BCUT2D eigenvalue weighted by Crippen LogP contribution is -2.05. The van der Waals surface area contributed by atoms with Crippen molar-refractivity contribution in [1.82, 2.24) is 9.78 Å². The summed E-state index contributed by atoms with van der Waals surface area (Å²) < 4.78 is 38.7. The molecule has 0 amide bonds. The highest BCUT2D eigenvalue weighted by Crippen LogP contribution is 2.29. The number of aryl methyl sites for hydroxylation is 2. The molecule has 1 aromatic heterocycles. The minimum absolute atomic E-state index is 0.620. The minimum Gasteiger partial charge on any atom is -0.240 e. The summed E-state index contributed by atoms with van der Waals surface area (Å²) in [7, 11) is 0. The summed E-state index contributed by atoms with van der Waals surface area (Å²) in [6, 6.07) is 4.94. The first-order valence-corrected chi connectivity index (χ1v) is 5.08. The van der Waals surface area contributed by atoms with Crippen LogP contribution in [0.3, 0.4) is 0 Å². The van der Waals surface area contributed by atoms with E-state index < -0.39 is 11.7 Å². The minimum atomic E-state index is -4.30. The fourth-order valence-corrected chi connectivity index (χ4v) is 1.48. The predicted octanol–water partition coefficient (Wildman–Crippen LogP) is 3.51. The zero-order chi connectivity index (χ0) is 12.6. The molecule has 17 heavy (non-hydrogen) atoms. The van der Waals surface area contributed by atoms with Crippen LogP contribution in [0.15, 0.2) is 30.5 Å². The molecule has 1 heterocycles. The van der Waals surface area contributed by atoms with Gasteiger partial charge in [-0.05, 0) is 43.7 Å². The third-order valence-corrected chi connectivity index (χ3v) is 2.60. The quantitative estimate of drug-likeness (QED) is 0.745. The van der Waals surface area contributed by atoms with Crippen molar-refractivity contribution >= 4 is 0 Å². The highest BCUT2D eigenvalue weighted by atomic mass is 19.4. The molecular weight excluding hydrogens is 229 g/mol. The van der Waals surface area contributed by atoms with Gasteiger partial charge < -0.3 is 0 Å². The van der Waals surface area contributed by atoms with Crippen molar-refractivity contribution in [3.63, 3.8) is 0 Å². The van der Waals surface area contributed by atoms with Gasteiger partial charge in [-0.15, -0.1) is 0 Å². The fourth-order valence-electron chi connectivity index (χ4n) is 1.48. The van der Waals surface area contributed by atoms with E-state index in [4.69, 9.17) is 0 Å². The Kier molecular flexibility index (Phi) is 2.69. The highest BCUT2D eigenvalue weighted by Gasteiger charge is 2.29. The van der Waals surface area contributed by atoms with Gasteiger partial charge in [-0.1, -0.05) is 0 Å². The topological polar surface area (TPSA) is 17.8 Å². The number of hydrogen-bond acceptors (Lipinski definition) is 1. The molecule has 0 saturated heterocycles. The Labute approximate surface area is 96.7 Å². The van der Waals surface area contributed by atoms with Gasteiger partial charge in [0.25, 0.3) is 0 Å². The summed E-state index contributed by atoms with van der Waals surface area (Å²) in [6.07, 6.45) is -2.51. The van der Waals surface area contributed by atoms with E-state index in [1.54, 1.807) is 10.9 Å². The van der Waals surface area contributed by atoms with Crippen LogP contribution in [0, 0.1) is 13.8 Å². The molecule has 5 heteroatoms. The Morgan fingerprint density at radius 3 is 2.06 bits per heavy atom. The lowest BCUT2D eigenvalue weighted by atomic mass is 10.2. The van der Waals surface area contributed by atoms with Gasteiger partial charge in [0.05, 0.1) is 16.9 Å². The molecule has 90 valence electrons. The Hall–Kier alpha value is -1.78. The summed E-state index contributed by atoms with van der Waals surface area (Å²) in [5.74, 6) is 0. The smallest absolute Gasteiger partial charge is 0.240 e. The van der Waals surface area contributed by atoms with E-state index in [9.17, 15) is 13.2 Å². The Morgan fingerprint density at radius 2 is 1.65 bits per heavy atom. The van der Waals surface area contributed by atoms with Crippen molar-refractivity contribution in [3.8, 4) is 5.69 Å². The first-order chi connectivity index (χ1) is 7.88. The van der Waals surface area contributed by atoms with Gasteiger partial charge in [0.2, 0.25) is 0 Å². The Bertz CT molecular complexity index is 504. The van der Waals surface area contributed by atoms with Crippen molar-refractivity contribution in [2.24, 2.45) is 0 Å². The van der Waals surface area contributed by atoms with Crippen LogP contribution >= 0.6 is 0 Å². The lowest BCUT2D eigenvalue weighted by molar-refractivity contribution is -0.137. The fraction of sp³-hybridized carbons (Fsp3) is 0.250. The summed E-state index contributed by atoms with van der Waals surface area (Å²) in [5.41, 5.74) is 1.84. The largest absolute Gasteiger partial charge is 0.416 e. The van der Waals surface area contributed by atoms with Crippen molar-refractivity contribution in [1.29, 1.82) is 0 Å². The van der Waals surface area contributed by atoms with E-state index in [-0.39, 0.29) is 0 Å². The number of alkyl halides is 3. The second kappa shape index (κ2) is 3.91. The first kappa shape index (κ1) is 11.7. The molecule has 0 N–H and O–H groups in total. The molecule has 0 fully saturated rings. The third-order valence-electron chi connectivity index (χ3n) is 2.60. The van der Waals surface area contributed by atoms with Crippen LogP contribution in [0.5, 0.6) is 0 Å². The monoisotopic (exact) mass is 240 g/mol. The van der Waals surface area contributed by atoms with Crippen molar-refractivity contribution in [3.05, 3.63) is 47.3 Å². The molecular formula is C12H11F3N2. The maximum Gasteiger partial charge on any atom is 0.416 e. The van der Waals surface area contributed by atoms with Crippen LogP contribution in [0.4, 0.5) is 13.2 Å². The molecule has 2 nitrogen and oxygen atoms in total. The van der Waals surface area contributed by atoms with Crippen LogP contribution in [-0.2, 0) is 6.18 Å². The molecule has 0 saturated carbocycles. The van der Waals surface area contributed by atoms with Gasteiger partial charge >= 0.3 is 6.18 Å². The van der Waals surface area contributed by atoms with Crippen molar-refractivity contribution in [2.45, 2.75) is 20.0 Å². The SMILES string of the molecule is Cc1cn(-c2ccc(C(F)(F)F)cc2)nc1C. The van der Waals surface area contributed by atoms with Crippen molar-refractivity contribution in [2.75, 3.05) is 0 Å². The maximum atomic E-state index is 12.4. The highest BCUT2D eigenvalue weighted by molar-refractivity contribution is 5.36. The van der Waals surface area contributed by atoms with E-state index in [1.807, 2.05) is 13.8 Å². The van der Waals surface area contributed by atoms with Crippen LogP contribution < -0.4 is 0 Å². The van der Waals surface area contributed by atoms with Gasteiger partial charge in [-0.25, -0.2) is 4.68 Å². The molecule has 0 spiro atoms. The first-order valence-electron chi connectivity index (χ1n) is 5.08. The number of hydrogen-bond donors (Lipinski definition) is 0. The number of rotatable bonds is 1. The molecule has 0 atom stereocenters. The number of nitrogens with zero attached hydrogens (tertiary/aromatic N) is 2. The van der Waals surface area contributed by atoms with E-state index in [2.05, 4.69) is 5.10 Å². The van der Waals surface area contributed by atoms with E-state index in [0.717, 1.165) is 23.4 Å². The van der Waals surface area contributed by atoms with E-state index >= 15 is 0 Å². The second-order valence-electron chi connectivity index (χ2n) is 3.89. The van der Waals surface area contributed by atoms with Crippen LogP contribution in [0.1, 0.15) is 16.8 Å². The summed E-state index contributed by atoms with van der Waals surface area (Å²) in [4.78, 5) is 0. The van der Waals surface area contributed by atoms with Crippen LogP contribution in [-0.4, -0.2) is 9.78 Å². The standard InChI is InChI=1S/C12H11F3N2/c1-8-7-17(16-9(8)2)11-5-3-10(4-6-11)12(13,14)15/h3-7H,1-2H3. The van der Waals surface area contributed by atoms with Crippen LogP contribution in [0.25, 0.3) is 5.69 Å². The Morgan fingerprint density at radius 1 is 1.06 bits per heavy atom. The summed E-state index contributed by atoms with van der Waals surface area (Å²) in [5, 5.41) is 4.21. The maximum absolute atomic E-state index is 12.4. The van der Waals surface area contributed by atoms with Gasteiger partial charge in [-0.2, -0.15) is 18.3 Å². The third kappa shape index (κ3) is 2.33. The molecule has 0 aliphatic heterocycles. The van der Waals surface area contributed by atoms with E-state index in [0.29, 0.717) is 5.69 Å². The molecule has 0 aliphatic rings. The van der Waals surface area contributed by atoms with Crippen molar-refractivity contribution < 1.29 is 13.2 Å². The number of benzene rings is 1. The van der Waals surface area contributed by atoms with Gasteiger partial charge in [-0.3, -0.25) is 0 Å². The molecule has 0 unspecified atom stereocenters. The molecule has 2 aromatic rings. The lowest BCUT2D eigenvalue weighted by Gasteiger charge is -2.07. The molecule has 1 aromatic carbocycles. The second-order valence-corrected chi connectivity index (χ2v) is 3.89. The molecule has 2 rings (SSSR count). The molecule has 0 aliphatic carbocycles. The zero-order valence-corrected chi connectivity index (χ0v) is 9.42. The number of aromatic nitrogens is 2. The average Bonchev–Trinajstić information content (AvgIpc) is 2.58. The van der Waals surface area contributed by atoms with Gasteiger partial charge in [0.1, 0.15) is 0 Å². The summed E-state index contributed by atoms with van der Waals surface area (Å²) in [6.45, 7) is 3.76.